The Morgan fingerprint density at radius 1 is 1.09 bits per heavy atom. The summed E-state index contributed by atoms with van der Waals surface area (Å²) in [4.78, 5) is 20.7. The average Bonchev–Trinajstić information content (AvgIpc) is 2.83. The smallest absolute Gasteiger partial charge is 0.271 e. The number of aliphatic hydroxyl groups is 1. The van der Waals surface area contributed by atoms with Crippen molar-refractivity contribution in [3.05, 3.63) is 88.9 Å². The van der Waals surface area contributed by atoms with E-state index in [1.165, 1.54) is 37.2 Å². The summed E-state index contributed by atoms with van der Waals surface area (Å²) in [5.74, 6) is -1.90. The van der Waals surface area contributed by atoms with Gasteiger partial charge in [0.2, 0.25) is 5.88 Å². The molecule has 180 valence electrons. The van der Waals surface area contributed by atoms with Crippen molar-refractivity contribution in [3.8, 4) is 5.88 Å². The van der Waals surface area contributed by atoms with E-state index in [-0.39, 0.29) is 24.5 Å². The van der Waals surface area contributed by atoms with Gasteiger partial charge in [-0.2, -0.15) is 0 Å². The molecule has 1 aromatic heterocycles. The van der Waals surface area contributed by atoms with Gasteiger partial charge < -0.3 is 20.5 Å². The van der Waals surface area contributed by atoms with Gasteiger partial charge in [0.15, 0.2) is 0 Å². The minimum absolute atomic E-state index is 0.00594. The molecule has 0 unspecified atom stereocenters. The van der Waals surface area contributed by atoms with Gasteiger partial charge in [-0.1, -0.05) is 31.2 Å². The first kappa shape index (κ1) is 25.2. The number of nitrogens with zero attached hydrogens (tertiary/aromatic N) is 2. The van der Waals surface area contributed by atoms with Crippen LogP contribution in [0.4, 0.5) is 8.78 Å². The summed E-state index contributed by atoms with van der Waals surface area (Å²) in [6, 6.07) is 10.3. The fourth-order valence-electron chi connectivity index (χ4n) is 3.53. The van der Waals surface area contributed by atoms with Gasteiger partial charge >= 0.3 is 0 Å². The molecule has 34 heavy (non-hydrogen) atoms. The largest absolute Gasteiger partial charge is 0.480 e. The summed E-state index contributed by atoms with van der Waals surface area (Å²) in [6.07, 6.45) is 2.50. The number of carbonyl (C=O) groups excluding carboxylic acids is 1. The highest BCUT2D eigenvalue weighted by Gasteiger charge is 2.24. The quantitative estimate of drug-likeness (QED) is 0.399. The van der Waals surface area contributed by atoms with Crippen molar-refractivity contribution in [3.63, 3.8) is 0 Å². The van der Waals surface area contributed by atoms with E-state index in [4.69, 9.17) is 4.74 Å². The monoisotopic (exact) mass is 470 g/mol. The highest BCUT2D eigenvalue weighted by atomic mass is 19.1. The zero-order chi connectivity index (χ0) is 24.5. The van der Waals surface area contributed by atoms with Crippen LogP contribution in [0.5, 0.6) is 5.88 Å². The van der Waals surface area contributed by atoms with Crippen LogP contribution in [0.3, 0.4) is 0 Å². The number of aliphatic hydroxyl groups excluding tert-OH is 1. The van der Waals surface area contributed by atoms with Crippen LogP contribution in [0.15, 0.2) is 54.9 Å². The lowest BCUT2D eigenvalue weighted by Gasteiger charge is -2.25. The molecule has 0 fully saturated rings. The SMILES string of the molecule is CCc1cccc(CNC[C@H](O)[C@H](Cc2cc(F)cc(F)c2)NC(=O)c2cncc(OC)n2)c1. The first-order valence-corrected chi connectivity index (χ1v) is 11.0. The van der Waals surface area contributed by atoms with Gasteiger partial charge in [-0.15, -0.1) is 0 Å². The average molecular weight is 471 g/mol. The molecular formula is C25H28F2N4O3. The second-order valence-electron chi connectivity index (χ2n) is 7.88. The van der Waals surface area contributed by atoms with Gasteiger partial charge in [0.05, 0.1) is 31.6 Å². The molecule has 3 N–H and O–H groups in total. The maximum absolute atomic E-state index is 13.7. The van der Waals surface area contributed by atoms with E-state index in [0.717, 1.165) is 18.1 Å². The van der Waals surface area contributed by atoms with Crippen molar-refractivity contribution in [2.24, 2.45) is 0 Å². The van der Waals surface area contributed by atoms with E-state index in [0.29, 0.717) is 12.1 Å². The summed E-state index contributed by atoms with van der Waals surface area (Å²) in [7, 11) is 1.40. The highest BCUT2D eigenvalue weighted by Crippen LogP contribution is 2.13. The van der Waals surface area contributed by atoms with Gasteiger partial charge in [-0.25, -0.2) is 13.8 Å². The zero-order valence-electron chi connectivity index (χ0n) is 19.1. The maximum atomic E-state index is 13.7. The van der Waals surface area contributed by atoms with Gasteiger partial charge in [0.1, 0.15) is 17.3 Å². The Morgan fingerprint density at radius 3 is 2.53 bits per heavy atom. The Kier molecular flexibility index (Phi) is 9.00. The van der Waals surface area contributed by atoms with Crippen molar-refractivity contribution in [2.75, 3.05) is 13.7 Å². The summed E-state index contributed by atoms with van der Waals surface area (Å²) in [5.41, 5.74) is 2.56. The van der Waals surface area contributed by atoms with Crippen LogP contribution in [0.2, 0.25) is 0 Å². The number of nitrogens with one attached hydrogen (secondary N) is 2. The Bertz CT molecular complexity index is 1090. The first-order valence-electron chi connectivity index (χ1n) is 11.0. The molecule has 0 aliphatic heterocycles. The van der Waals surface area contributed by atoms with Gasteiger partial charge in [0, 0.05) is 19.2 Å². The van der Waals surface area contributed by atoms with E-state index in [9.17, 15) is 18.7 Å². The highest BCUT2D eigenvalue weighted by molar-refractivity contribution is 5.92. The maximum Gasteiger partial charge on any atom is 0.271 e. The molecule has 1 amide bonds. The van der Waals surface area contributed by atoms with Crippen LogP contribution in [0.25, 0.3) is 0 Å². The van der Waals surface area contributed by atoms with Crippen molar-refractivity contribution in [1.29, 1.82) is 0 Å². The standard InChI is InChI=1S/C25H28F2N4O3/c1-3-16-5-4-6-17(7-16)12-28-14-23(32)21(10-18-8-19(26)11-20(27)9-18)31-25(33)22-13-29-15-24(30-22)34-2/h4-9,11,13,15,21,23,28,32H,3,10,12,14H2,1-2H3,(H,31,33)/t21-,23-/m0/s1. The molecule has 2 atom stereocenters. The third kappa shape index (κ3) is 7.29. The van der Waals surface area contributed by atoms with E-state index in [1.54, 1.807) is 0 Å². The van der Waals surface area contributed by atoms with Crippen LogP contribution in [0, 0.1) is 11.6 Å². The predicted molar refractivity (Wildman–Crippen MR) is 123 cm³/mol. The van der Waals surface area contributed by atoms with Crippen LogP contribution in [-0.2, 0) is 19.4 Å². The summed E-state index contributed by atoms with van der Waals surface area (Å²) in [5, 5.41) is 16.7. The third-order valence-electron chi connectivity index (χ3n) is 5.30. The normalized spacial score (nSPS) is 12.7. The van der Waals surface area contributed by atoms with Crippen LogP contribution < -0.4 is 15.4 Å². The molecule has 0 saturated heterocycles. The molecule has 0 bridgehead atoms. The lowest BCUT2D eigenvalue weighted by Crippen LogP contribution is -2.48. The Hall–Kier alpha value is -3.43. The van der Waals surface area contributed by atoms with Crippen molar-refractivity contribution >= 4 is 5.91 Å². The Balaban J connectivity index is 1.71. The Morgan fingerprint density at radius 2 is 1.82 bits per heavy atom. The van der Waals surface area contributed by atoms with Crippen LogP contribution in [-0.4, -0.2) is 46.8 Å². The number of amides is 1. The summed E-state index contributed by atoms with van der Waals surface area (Å²) in [6.45, 7) is 2.73. The topological polar surface area (TPSA) is 96.4 Å². The number of rotatable bonds is 11. The molecule has 3 rings (SSSR count). The number of halogens is 2. The number of ether oxygens (including phenoxy) is 1. The molecule has 7 nitrogen and oxygen atoms in total. The molecule has 0 radical (unpaired) electrons. The van der Waals surface area contributed by atoms with Crippen molar-refractivity contribution < 1.29 is 23.4 Å². The molecule has 2 aromatic carbocycles. The van der Waals surface area contributed by atoms with E-state index in [2.05, 4.69) is 33.6 Å². The molecular weight excluding hydrogens is 442 g/mol. The second-order valence-corrected chi connectivity index (χ2v) is 7.88. The predicted octanol–water partition coefficient (Wildman–Crippen LogP) is 2.82. The number of hydrogen-bond acceptors (Lipinski definition) is 6. The molecule has 3 aromatic rings. The molecule has 0 aliphatic rings. The van der Waals surface area contributed by atoms with E-state index >= 15 is 0 Å². The molecule has 0 saturated carbocycles. The van der Waals surface area contributed by atoms with E-state index in [1.807, 2.05) is 18.2 Å². The lowest BCUT2D eigenvalue weighted by molar-refractivity contribution is 0.0824. The number of aryl methyl sites for hydroxylation is 1. The molecule has 9 heteroatoms. The molecule has 1 heterocycles. The second kappa shape index (κ2) is 12.2. The van der Waals surface area contributed by atoms with Crippen molar-refractivity contribution in [1.82, 2.24) is 20.6 Å². The summed E-state index contributed by atoms with van der Waals surface area (Å²) >= 11 is 0. The molecule has 0 spiro atoms. The number of methoxy groups -OCH3 is 1. The van der Waals surface area contributed by atoms with Gasteiger partial charge in [0.25, 0.3) is 5.91 Å². The zero-order valence-corrected chi connectivity index (χ0v) is 19.1. The van der Waals surface area contributed by atoms with Gasteiger partial charge in [-0.05, 0) is 41.7 Å². The number of hydrogen-bond donors (Lipinski definition) is 3. The summed E-state index contributed by atoms with van der Waals surface area (Å²) < 4.78 is 32.4. The fourth-order valence-corrected chi connectivity index (χ4v) is 3.53. The fraction of sp³-hybridized carbons (Fsp3) is 0.320. The number of aromatic nitrogens is 2. The number of carbonyl (C=O) groups is 1. The lowest BCUT2D eigenvalue weighted by atomic mass is 10.00. The Labute approximate surface area is 197 Å². The molecule has 0 aliphatic carbocycles. The minimum atomic E-state index is -1.05. The van der Waals surface area contributed by atoms with Crippen molar-refractivity contribution in [2.45, 2.75) is 38.5 Å². The third-order valence-corrected chi connectivity index (χ3v) is 5.30. The van der Waals surface area contributed by atoms with Gasteiger partial charge in [-0.3, -0.25) is 9.78 Å². The first-order chi connectivity index (χ1) is 16.4. The van der Waals surface area contributed by atoms with Crippen LogP contribution in [0.1, 0.15) is 34.1 Å². The number of benzene rings is 2. The minimum Gasteiger partial charge on any atom is -0.480 e. The van der Waals surface area contributed by atoms with Crippen LogP contribution >= 0.6 is 0 Å². The van der Waals surface area contributed by atoms with E-state index < -0.39 is 29.7 Å².